The number of nitrogens with two attached hydrogens (primary N) is 1. The highest BCUT2D eigenvalue weighted by molar-refractivity contribution is 5.91. The van der Waals surface area contributed by atoms with Gasteiger partial charge in [-0.25, -0.2) is 4.79 Å². The minimum Gasteiger partial charge on any atom is -0.507 e. The number of carboxylic acids is 1. The third kappa shape index (κ3) is 1.84. The molecule has 0 radical (unpaired) electrons. The maximum atomic E-state index is 10.6. The number of benzene rings is 1. The Morgan fingerprint density at radius 3 is 2.64 bits per heavy atom. The molecule has 0 saturated carbocycles. The Morgan fingerprint density at radius 2 is 2.14 bits per heavy atom. The van der Waals surface area contributed by atoms with Gasteiger partial charge in [0.05, 0.1) is 12.6 Å². The van der Waals surface area contributed by atoms with Gasteiger partial charge in [-0.2, -0.15) is 0 Å². The van der Waals surface area contributed by atoms with Gasteiger partial charge in [-0.05, 0) is 6.07 Å². The number of aliphatic hydroxyl groups excluding tert-OH is 1. The zero-order valence-electron chi connectivity index (χ0n) is 7.34. The highest BCUT2D eigenvalue weighted by atomic mass is 16.4. The van der Waals surface area contributed by atoms with Gasteiger partial charge in [-0.3, -0.25) is 0 Å². The largest absolute Gasteiger partial charge is 0.507 e. The Morgan fingerprint density at radius 1 is 1.50 bits per heavy atom. The van der Waals surface area contributed by atoms with Crippen LogP contribution in [0.2, 0.25) is 0 Å². The van der Waals surface area contributed by atoms with Crippen LogP contribution in [0.4, 0.5) is 0 Å². The zero-order valence-corrected chi connectivity index (χ0v) is 7.34. The van der Waals surface area contributed by atoms with Crippen LogP contribution < -0.4 is 5.73 Å². The number of hydrogen-bond acceptors (Lipinski definition) is 4. The van der Waals surface area contributed by atoms with Crippen LogP contribution in [0.25, 0.3) is 0 Å². The predicted octanol–water partition coefficient (Wildman–Crippen LogP) is 0.0825. The molecule has 0 saturated heterocycles. The number of para-hydroxylation sites is 1. The fourth-order valence-electron chi connectivity index (χ4n) is 1.13. The number of hydrogen-bond donors (Lipinski definition) is 4. The molecule has 1 aromatic rings. The number of carbonyl (C=O) groups is 1. The summed E-state index contributed by atoms with van der Waals surface area (Å²) in [4.78, 5) is 10.6. The number of aliphatic hydroxyl groups is 1. The van der Waals surface area contributed by atoms with Crippen LogP contribution in [0, 0.1) is 0 Å². The van der Waals surface area contributed by atoms with Crippen molar-refractivity contribution in [2.75, 3.05) is 6.61 Å². The van der Waals surface area contributed by atoms with Gasteiger partial charge in [0.25, 0.3) is 0 Å². The first kappa shape index (κ1) is 10.5. The van der Waals surface area contributed by atoms with E-state index in [0.717, 1.165) is 0 Å². The average molecular weight is 197 g/mol. The minimum absolute atomic E-state index is 0.216. The van der Waals surface area contributed by atoms with E-state index in [1.807, 2.05) is 0 Å². The van der Waals surface area contributed by atoms with E-state index in [9.17, 15) is 9.90 Å². The summed E-state index contributed by atoms with van der Waals surface area (Å²) in [6, 6.07) is 3.44. The minimum atomic E-state index is -1.23. The number of carboxylic acid groups (broad SMARTS) is 1. The maximum absolute atomic E-state index is 10.6. The molecule has 0 aliphatic rings. The van der Waals surface area contributed by atoms with E-state index in [1.165, 1.54) is 18.2 Å². The van der Waals surface area contributed by atoms with Crippen LogP contribution in [0.15, 0.2) is 18.2 Å². The molecule has 5 heteroatoms. The van der Waals surface area contributed by atoms with Gasteiger partial charge in [-0.1, -0.05) is 12.1 Å². The van der Waals surface area contributed by atoms with Crippen LogP contribution in [-0.2, 0) is 0 Å². The van der Waals surface area contributed by atoms with Gasteiger partial charge >= 0.3 is 5.97 Å². The van der Waals surface area contributed by atoms with Crippen molar-refractivity contribution >= 4 is 5.97 Å². The maximum Gasteiger partial charge on any atom is 0.339 e. The van der Waals surface area contributed by atoms with Gasteiger partial charge in [0.2, 0.25) is 0 Å². The Hall–Kier alpha value is -1.59. The molecule has 5 nitrogen and oxygen atoms in total. The van der Waals surface area contributed by atoms with E-state index in [4.69, 9.17) is 15.9 Å². The standard InChI is InChI=1S/C9H11NO4/c10-7(4-11)5-2-1-3-6(8(5)12)9(13)14/h1-3,7,11-12H,4,10H2,(H,13,14)/t7-/m1/s1. The molecule has 0 bridgehead atoms. The SMILES string of the molecule is N[C@H](CO)c1cccc(C(=O)O)c1O. The molecule has 0 aliphatic carbocycles. The average Bonchev–Trinajstić information content (AvgIpc) is 2.16. The molecule has 0 unspecified atom stereocenters. The summed E-state index contributed by atoms with van der Waals surface area (Å²) in [5, 5.41) is 26.9. The van der Waals surface area contributed by atoms with E-state index in [2.05, 4.69) is 0 Å². The molecule has 0 amide bonds. The monoisotopic (exact) mass is 197 g/mol. The second kappa shape index (κ2) is 4.08. The second-order valence-electron chi connectivity index (χ2n) is 2.84. The van der Waals surface area contributed by atoms with E-state index in [0.29, 0.717) is 0 Å². The lowest BCUT2D eigenvalue weighted by atomic mass is 10.0. The third-order valence-electron chi connectivity index (χ3n) is 1.89. The summed E-state index contributed by atoms with van der Waals surface area (Å²) >= 11 is 0. The first-order valence-electron chi connectivity index (χ1n) is 3.99. The number of aromatic hydroxyl groups is 1. The van der Waals surface area contributed by atoms with Crippen LogP contribution in [-0.4, -0.2) is 27.9 Å². The van der Waals surface area contributed by atoms with Crippen molar-refractivity contribution in [3.8, 4) is 5.75 Å². The first-order valence-corrected chi connectivity index (χ1v) is 3.99. The fourth-order valence-corrected chi connectivity index (χ4v) is 1.13. The van der Waals surface area contributed by atoms with Crippen molar-refractivity contribution < 1.29 is 20.1 Å². The third-order valence-corrected chi connectivity index (χ3v) is 1.89. The molecule has 0 fully saturated rings. The molecule has 0 aliphatic heterocycles. The van der Waals surface area contributed by atoms with Gasteiger partial charge in [0, 0.05) is 5.56 Å². The van der Waals surface area contributed by atoms with Crippen molar-refractivity contribution in [3.05, 3.63) is 29.3 Å². The van der Waals surface area contributed by atoms with Crippen LogP contribution in [0.5, 0.6) is 5.75 Å². The molecule has 76 valence electrons. The summed E-state index contributed by atoms with van der Waals surface area (Å²) in [5.41, 5.74) is 5.47. The predicted molar refractivity (Wildman–Crippen MR) is 49.1 cm³/mol. The topological polar surface area (TPSA) is 104 Å². The summed E-state index contributed by atoms with van der Waals surface area (Å²) in [7, 11) is 0. The highest BCUT2D eigenvalue weighted by Gasteiger charge is 2.16. The normalized spacial score (nSPS) is 12.4. The second-order valence-corrected chi connectivity index (χ2v) is 2.84. The molecule has 1 rings (SSSR count). The van der Waals surface area contributed by atoms with Crippen LogP contribution >= 0.6 is 0 Å². The van der Waals surface area contributed by atoms with Crippen molar-refractivity contribution in [1.82, 2.24) is 0 Å². The number of aromatic carboxylic acids is 1. The summed E-state index contributed by atoms with van der Waals surface area (Å²) in [5.74, 6) is -1.61. The highest BCUT2D eigenvalue weighted by Crippen LogP contribution is 2.26. The Labute approximate surface area is 80.4 Å². The molecule has 14 heavy (non-hydrogen) atoms. The summed E-state index contributed by atoms with van der Waals surface area (Å²) < 4.78 is 0. The Kier molecular flexibility index (Phi) is 3.06. The van der Waals surface area contributed by atoms with Gasteiger partial charge in [0.15, 0.2) is 0 Å². The first-order chi connectivity index (χ1) is 6.57. The quantitative estimate of drug-likeness (QED) is 0.549. The van der Waals surface area contributed by atoms with Crippen molar-refractivity contribution in [1.29, 1.82) is 0 Å². The molecular formula is C9H11NO4. The fraction of sp³-hybridized carbons (Fsp3) is 0.222. The number of phenols is 1. The van der Waals surface area contributed by atoms with E-state index >= 15 is 0 Å². The van der Waals surface area contributed by atoms with Crippen LogP contribution in [0.1, 0.15) is 22.0 Å². The van der Waals surface area contributed by atoms with Crippen LogP contribution in [0.3, 0.4) is 0 Å². The number of rotatable bonds is 3. The Balaban J connectivity index is 3.20. The molecule has 0 heterocycles. The summed E-state index contributed by atoms with van der Waals surface area (Å²) in [6.45, 7) is -0.351. The van der Waals surface area contributed by atoms with E-state index < -0.39 is 12.0 Å². The van der Waals surface area contributed by atoms with Gasteiger partial charge in [-0.15, -0.1) is 0 Å². The van der Waals surface area contributed by atoms with E-state index in [-0.39, 0.29) is 23.5 Å². The molecule has 0 spiro atoms. The molecular weight excluding hydrogens is 186 g/mol. The van der Waals surface area contributed by atoms with Crippen molar-refractivity contribution in [3.63, 3.8) is 0 Å². The van der Waals surface area contributed by atoms with Gasteiger partial charge in [0.1, 0.15) is 11.3 Å². The lowest BCUT2D eigenvalue weighted by molar-refractivity contribution is 0.0693. The lowest BCUT2D eigenvalue weighted by Gasteiger charge is -2.11. The molecule has 0 aromatic heterocycles. The summed E-state index contributed by atoms with van der Waals surface area (Å²) in [6.07, 6.45) is 0. The van der Waals surface area contributed by atoms with E-state index in [1.54, 1.807) is 0 Å². The van der Waals surface area contributed by atoms with Crippen molar-refractivity contribution in [2.45, 2.75) is 6.04 Å². The van der Waals surface area contributed by atoms with Gasteiger partial charge < -0.3 is 21.1 Å². The Bertz CT molecular complexity index is 351. The lowest BCUT2D eigenvalue weighted by Crippen LogP contribution is -2.15. The van der Waals surface area contributed by atoms with Crippen molar-refractivity contribution in [2.24, 2.45) is 5.73 Å². The molecule has 1 aromatic carbocycles. The zero-order chi connectivity index (χ0) is 10.7. The molecule has 1 atom stereocenters. The molecule has 5 N–H and O–H groups in total. The smallest absolute Gasteiger partial charge is 0.339 e.